The standard InChI is InChI=1S/C16H20N2O5.H2S/c1-10-9-23-13-7-11(14(19)17-21)3-4-12(13)8-18(10)15(20)16(22-2)5-6-16;/h3-4,7,10,21H,5-6,8-9H2,1-2H3,(H,17,19);1H2/t10-;/m0./s1. The molecule has 2 aliphatic rings. The van der Waals surface area contributed by atoms with Crippen LogP contribution in [0, 0.1) is 0 Å². The SMILES string of the molecule is COC1(C(=O)N2Cc3ccc(C(=O)NO)cc3OC[C@@H]2C)CC1.S. The van der Waals surface area contributed by atoms with Gasteiger partial charge in [0.15, 0.2) is 0 Å². The fraction of sp³-hybridized carbons (Fsp3) is 0.500. The Hall–Kier alpha value is -1.77. The van der Waals surface area contributed by atoms with E-state index in [1.807, 2.05) is 6.92 Å². The van der Waals surface area contributed by atoms with Crippen molar-refractivity contribution >= 4 is 25.3 Å². The molecule has 1 heterocycles. The fourth-order valence-corrected chi connectivity index (χ4v) is 2.82. The molecule has 0 radical (unpaired) electrons. The van der Waals surface area contributed by atoms with E-state index in [9.17, 15) is 9.59 Å². The van der Waals surface area contributed by atoms with Gasteiger partial charge in [0.2, 0.25) is 0 Å². The molecule has 1 saturated carbocycles. The van der Waals surface area contributed by atoms with Crippen LogP contribution in [0.1, 0.15) is 35.7 Å². The third kappa shape index (κ3) is 3.22. The maximum Gasteiger partial charge on any atom is 0.274 e. The van der Waals surface area contributed by atoms with Crippen LogP contribution in [0.5, 0.6) is 5.75 Å². The number of fused-ring (bicyclic) bond motifs is 1. The summed E-state index contributed by atoms with van der Waals surface area (Å²) in [5.41, 5.74) is 2.05. The van der Waals surface area contributed by atoms with Gasteiger partial charge < -0.3 is 14.4 Å². The number of hydroxylamine groups is 1. The Bertz CT molecular complexity index is 647. The normalized spacial score (nSPS) is 20.8. The van der Waals surface area contributed by atoms with E-state index < -0.39 is 11.5 Å². The molecule has 8 heteroatoms. The summed E-state index contributed by atoms with van der Waals surface area (Å²) in [6, 6.07) is 4.81. The molecule has 0 aromatic heterocycles. The van der Waals surface area contributed by atoms with Crippen molar-refractivity contribution in [2.45, 2.75) is 38.0 Å². The second-order valence-corrected chi connectivity index (χ2v) is 6.05. The average Bonchev–Trinajstić information content (AvgIpc) is 3.38. The molecule has 24 heavy (non-hydrogen) atoms. The first-order valence-corrected chi connectivity index (χ1v) is 7.57. The highest BCUT2D eigenvalue weighted by molar-refractivity contribution is 7.59. The molecule has 132 valence electrons. The molecule has 0 bridgehead atoms. The van der Waals surface area contributed by atoms with Crippen LogP contribution in [-0.2, 0) is 16.1 Å². The molecule has 3 rings (SSSR count). The maximum atomic E-state index is 12.8. The first-order valence-electron chi connectivity index (χ1n) is 7.57. The summed E-state index contributed by atoms with van der Waals surface area (Å²) in [7, 11) is 1.57. The summed E-state index contributed by atoms with van der Waals surface area (Å²) < 4.78 is 11.1. The molecule has 1 atom stereocenters. The summed E-state index contributed by atoms with van der Waals surface area (Å²) in [5, 5.41) is 8.72. The molecule has 0 saturated heterocycles. The van der Waals surface area contributed by atoms with Gasteiger partial charge in [0.1, 0.15) is 18.0 Å². The quantitative estimate of drug-likeness (QED) is 0.629. The molecule has 2 amide bonds. The molecule has 1 aliphatic heterocycles. The lowest BCUT2D eigenvalue weighted by molar-refractivity contribution is -0.147. The van der Waals surface area contributed by atoms with E-state index in [1.165, 1.54) is 0 Å². The number of nitrogens with one attached hydrogen (secondary N) is 1. The van der Waals surface area contributed by atoms with Crippen LogP contribution in [0.15, 0.2) is 18.2 Å². The highest BCUT2D eigenvalue weighted by Crippen LogP contribution is 2.42. The van der Waals surface area contributed by atoms with Crippen molar-refractivity contribution in [1.82, 2.24) is 10.4 Å². The van der Waals surface area contributed by atoms with Crippen LogP contribution in [0.3, 0.4) is 0 Å². The number of hydrogen-bond acceptors (Lipinski definition) is 5. The Balaban J connectivity index is 0.00000208. The Kier molecular flexibility index (Phi) is 5.42. The lowest BCUT2D eigenvalue weighted by Crippen LogP contribution is -2.46. The predicted octanol–water partition coefficient (Wildman–Crippen LogP) is 1.21. The van der Waals surface area contributed by atoms with Crippen molar-refractivity contribution in [2.24, 2.45) is 0 Å². The second-order valence-electron chi connectivity index (χ2n) is 6.05. The van der Waals surface area contributed by atoms with E-state index in [-0.39, 0.29) is 25.4 Å². The van der Waals surface area contributed by atoms with Gasteiger partial charge in [-0.15, -0.1) is 0 Å². The number of ether oxygens (including phenoxy) is 2. The monoisotopic (exact) mass is 354 g/mol. The van der Waals surface area contributed by atoms with Crippen LogP contribution in [0.4, 0.5) is 0 Å². The molecule has 1 aromatic rings. The zero-order valence-electron chi connectivity index (χ0n) is 13.7. The first kappa shape index (κ1) is 18.6. The van der Waals surface area contributed by atoms with Gasteiger partial charge in [0.25, 0.3) is 11.8 Å². The van der Waals surface area contributed by atoms with Crippen molar-refractivity contribution in [3.8, 4) is 5.75 Å². The summed E-state index contributed by atoms with van der Waals surface area (Å²) in [6.45, 7) is 2.67. The minimum atomic E-state index is -0.671. The molecule has 0 spiro atoms. The van der Waals surface area contributed by atoms with Gasteiger partial charge in [0.05, 0.1) is 6.04 Å². The van der Waals surface area contributed by atoms with E-state index in [0.29, 0.717) is 24.5 Å². The molecular weight excluding hydrogens is 332 g/mol. The Morgan fingerprint density at radius 2 is 2.12 bits per heavy atom. The fourth-order valence-electron chi connectivity index (χ4n) is 2.82. The largest absolute Gasteiger partial charge is 0.491 e. The highest BCUT2D eigenvalue weighted by atomic mass is 32.1. The third-order valence-electron chi connectivity index (χ3n) is 4.53. The van der Waals surface area contributed by atoms with Crippen molar-refractivity contribution < 1.29 is 24.3 Å². The van der Waals surface area contributed by atoms with E-state index in [4.69, 9.17) is 14.7 Å². The van der Waals surface area contributed by atoms with Crippen LogP contribution < -0.4 is 10.2 Å². The van der Waals surface area contributed by atoms with Crippen molar-refractivity contribution in [3.05, 3.63) is 29.3 Å². The highest BCUT2D eigenvalue weighted by Gasteiger charge is 2.53. The third-order valence-corrected chi connectivity index (χ3v) is 4.53. The number of carbonyl (C=O) groups is 2. The van der Waals surface area contributed by atoms with Gasteiger partial charge in [0, 0.05) is 24.8 Å². The molecule has 1 aliphatic carbocycles. The van der Waals surface area contributed by atoms with Gasteiger partial charge in [-0.3, -0.25) is 14.8 Å². The maximum absolute atomic E-state index is 12.8. The van der Waals surface area contributed by atoms with Gasteiger partial charge >= 0.3 is 0 Å². The van der Waals surface area contributed by atoms with Crippen LogP contribution >= 0.6 is 13.5 Å². The van der Waals surface area contributed by atoms with E-state index in [0.717, 1.165) is 18.4 Å². The summed E-state index contributed by atoms with van der Waals surface area (Å²) in [4.78, 5) is 26.0. The molecule has 7 nitrogen and oxygen atoms in total. The number of nitrogens with zero attached hydrogens (tertiary/aromatic N) is 1. The topological polar surface area (TPSA) is 88.1 Å². The zero-order chi connectivity index (χ0) is 16.6. The number of rotatable bonds is 3. The Morgan fingerprint density at radius 1 is 1.42 bits per heavy atom. The summed E-state index contributed by atoms with van der Waals surface area (Å²) >= 11 is 0. The summed E-state index contributed by atoms with van der Waals surface area (Å²) in [6.07, 6.45) is 1.49. The number of carbonyl (C=O) groups excluding carboxylic acids is 2. The Labute approximate surface area is 147 Å². The number of hydrogen-bond donors (Lipinski definition) is 2. The van der Waals surface area contributed by atoms with Gasteiger partial charge in [-0.1, -0.05) is 6.07 Å². The predicted molar refractivity (Wildman–Crippen MR) is 90.6 cm³/mol. The van der Waals surface area contributed by atoms with Gasteiger partial charge in [-0.05, 0) is 31.9 Å². The first-order chi connectivity index (χ1) is 11.0. The summed E-state index contributed by atoms with van der Waals surface area (Å²) in [5.74, 6) is -0.0606. The zero-order valence-corrected chi connectivity index (χ0v) is 14.7. The number of benzene rings is 1. The lowest BCUT2D eigenvalue weighted by atomic mass is 10.1. The molecule has 0 unspecified atom stereocenters. The number of amides is 2. The number of methoxy groups -OCH3 is 1. The van der Waals surface area contributed by atoms with Crippen LogP contribution in [0.25, 0.3) is 0 Å². The van der Waals surface area contributed by atoms with Crippen molar-refractivity contribution in [2.75, 3.05) is 13.7 Å². The molecule has 1 aromatic carbocycles. The molecular formula is C16H22N2O5S. The van der Waals surface area contributed by atoms with Crippen LogP contribution in [0.2, 0.25) is 0 Å². The van der Waals surface area contributed by atoms with E-state index >= 15 is 0 Å². The Morgan fingerprint density at radius 3 is 2.71 bits per heavy atom. The molecule has 1 fully saturated rings. The van der Waals surface area contributed by atoms with Gasteiger partial charge in [-0.2, -0.15) is 13.5 Å². The van der Waals surface area contributed by atoms with Crippen molar-refractivity contribution in [3.63, 3.8) is 0 Å². The minimum Gasteiger partial charge on any atom is -0.491 e. The van der Waals surface area contributed by atoms with E-state index in [1.54, 1.807) is 35.7 Å². The average molecular weight is 354 g/mol. The second kappa shape index (κ2) is 7.00. The lowest BCUT2D eigenvalue weighted by Gasteiger charge is -2.29. The smallest absolute Gasteiger partial charge is 0.274 e. The van der Waals surface area contributed by atoms with Gasteiger partial charge in [-0.25, -0.2) is 5.48 Å². The molecule has 2 N–H and O–H groups in total. The minimum absolute atomic E-state index is 0. The van der Waals surface area contributed by atoms with Crippen molar-refractivity contribution in [1.29, 1.82) is 0 Å². The van der Waals surface area contributed by atoms with Crippen LogP contribution in [-0.4, -0.2) is 47.3 Å². The van der Waals surface area contributed by atoms with E-state index in [2.05, 4.69) is 0 Å².